The molecule has 0 unspecified atom stereocenters. The van der Waals surface area contributed by atoms with Gasteiger partial charge in [-0.15, -0.1) is 0 Å². The molecule has 3 rings (SSSR count). The maximum atomic E-state index is 6.04. The van der Waals surface area contributed by atoms with Crippen LogP contribution >= 0.6 is 0 Å². The molecule has 0 amide bonds. The van der Waals surface area contributed by atoms with Crippen LogP contribution in [0.4, 0.5) is 0 Å². The molecular formula is C18H23N3O2. The van der Waals surface area contributed by atoms with E-state index in [0.717, 1.165) is 42.9 Å². The highest BCUT2D eigenvalue weighted by Gasteiger charge is 2.39. The highest BCUT2D eigenvalue weighted by Crippen LogP contribution is 2.28. The average molecular weight is 313 g/mol. The zero-order valence-electron chi connectivity index (χ0n) is 13.7. The number of benzene rings is 1. The first-order chi connectivity index (χ1) is 11.2. The highest BCUT2D eigenvalue weighted by molar-refractivity contribution is 5.31. The number of ether oxygens (including phenoxy) is 2. The number of nitrogens with zero attached hydrogens (tertiary/aromatic N) is 3. The lowest BCUT2D eigenvalue weighted by molar-refractivity contribution is -0.0360. The molecule has 1 fully saturated rings. The highest BCUT2D eigenvalue weighted by atomic mass is 16.5. The SMILES string of the molecule is CO[C@]1(COc2ccccc2C)CCN(Cc2cncnc2)C1. The fourth-order valence-corrected chi connectivity index (χ4v) is 3.00. The Bertz CT molecular complexity index is 635. The average Bonchev–Trinajstić information content (AvgIpc) is 2.99. The van der Waals surface area contributed by atoms with Crippen molar-refractivity contribution in [1.29, 1.82) is 0 Å². The molecule has 0 spiro atoms. The molecule has 1 aliphatic heterocycles. The zero-order valence-corrected chi connectivity index (χ0v) is 13.7. The Labute approximate surface area is 137 Å². The van der Waals surface area contributed by atoms with Gasteiger partial charge >= 0.3 is 0 Å². The summed E-state index contributed by atoms with van der Waals surface area (Å²) in [5.74, 6) is 0.929. The van der Waals surface area contributed by atoms with Gasteiger partial charge in [0, 0.05) is 44.7 Å². The van der Waals surface area contributed by atoms with Crippen molar-refractivity contribution in [2.45, 2.75) is 25.5 Å². The summed E-state index contributed by atoms with van der Waals surface area (Å²) in [5, 5.41) is 0. The molecule has 0 N–H and O–H groups in total. The van der Waals surface area contributed by atoms with Gasteiger partial charge in [0.15, 0.2) is 0 Å². The number of hydrogen-bond acceptors (Lipinski definition) is 5. The van der Waals surface area contributed by atoms with Gasteiger partial charge in [0.1, 0.15) is 24.3 Å². The smallest absolute Gasteiger partial charge is 0.122 e. The molecule has 0 radical (unpaired) electrons. The van der Waals surface area contributed by atoms with Gasteiger partial charge in [0.25, 0.3) is 0 Å². The zero-order chi connectivity index (χ0) is 16.1. The summed E-state index contributed by atoms with van der Waals surface area (Å²) in [5.41, 5.74) is 2.02. The molecule has 0 aliphatic carbocycles. The van der Waals surface area contributed by atoms with E-state index in [9.17, 15) is 0 Å². The van der Waals surface area contributed by atoms with Crippen molar-refractivity contribution in [3.63, 3.8) is 0 Å². The van der Waals surface area contributed by atoms with Crippen molar-refractivity contribution in [3.8, 4) is 5.75 Å². The fourth-order valence-electron chi connectivity index (χ4n) is 3.00. The third kappa shape index (κ3) is 3.86. The van der Waals surface area contributed by atoms with Crippen molar-refractivity contribution in [3.05, 3.63) is 54.1 Å². The molecule has 23 heavy (non-hydrogen) atoms. The Hall–Kier alpha value is -1.98. The van der Waals surface area contributed by atoms with Crippen LogP contribution in [0.2, 0.25) is 0 Å². The minimum Gasteiger partial charge on any atom is -0.490 e. The van der Waals surface area contributed by atoms with Crippen molar-refractivity contribution in [2.24, 2.45) is 0 Å². The second-order valence-electron chi connectivity index (χ2n) is 6.15. The molecule has 1 aromatic carbocycles. The molecule has 122 valence electrons. The van der Waals surface area contributed by atoms with Crippen molar-refractivity contribution in [1.82, 2.24) is 14.9 Å². The van der Waals surface area contributed by atoms with Gasteiger partial charge in [-0.3, -0.25) is 4.90 Å². The number of likely N-dealkylation sites (tertiary alicyclic amines) is 1. The molecule has 1 aromatic heterocycles. The topological polar surface area (TPSA) is 47.5 Å². The van der Waals surface area contributed by atoms with E-state index in [1.165, 1.54) is 0 Å². The molecule has 5 nitrogen and oxygen atoms in total. The van der Waals surface area contributed by atoms with E-state index >= 15 is 0 Å². The minimum absolute atomic E-state index is 0.252. The third-order valence-corrected chi connectivity index (χ3v) is 4.43. The van der Waals surface area contributed by atoms with E-state index in [4.69, 9.17) is 9.47 Å². The maximum Gasteiger partial charge on any atom is 0.122 e. The molecule has 1 aliphatic rings. The Balaban J connectivity index is 1.60. The van der Waals surface area contributed by atoms with Crippen molar-refractivity contribution >= 4 is 0 Å². The first-order valence-electron chi connectivity index (χ1n) is 7.91. The number of aryl methyl sites for hydroxylation is 1. The van der Waals surface area contributed by atoms with E-state index in [-0.39, 0.29) is 5.60 Å². The summed E-state index contributed by atoms with van der Waals surface area (Å²) in [7, 11) is 1.77. The summed E-state index contributed by atoms with van der Waals surface area (Å²) < 4.78 is 11.9. The van der Waals surface area contributed by atoms with E-state index in [1.807, 2.05) is 30.6 Å². The Morgan fingerprint density at radius 3 is 2.74 bits per heavy atom. The minimum atomic E-state index is -0.252. The lowest BCUT2D eigenvalue weighted by atomic mass is 10.0. The maximum absolute atomic E-state index is 6.04. The first-order valence-corrected chi connectivity index (χ1v) is 7.91. The number of aromatic nitrogens is 2. The molecule has 0 saturated carbocycles. The van der Waals surface area contributed by atoms with E-state index in [1.54, 1.807) is 13.4 Å². The summed E-state index contributed by atoms with van der Waals surface area (Å²) >= 11 is 0. The quantitative estimate of drug-likeness (QED) is 0.820. The second-order valence-corrected chi connectivity index (χ2v) is 6.15. The number of para-hydroxylation sites is 1. The van der Waals surface area contributed by atoms with Crippen LogP contribution in [0, 0.1) is 6.92 Å². The monoisotopic (exact) mass is 313 g/mol. The Morgan fingerprint density at radius 1 is 1.22 bits per heavy atom. The lowest BCUT2D eigenvalue weighted by Gasteiger charge is -2.28. The predicted octanol–water partition coefficient (Wildman–Crippen LogP) is 2.45. The normalized spacial score (nSPS) is 21.5. The van der Waals surface area contributed by atoms with Crippen molar-refractivity contribution < 1.29 is 9.47 Å². The third-order valence-electron chi connectivity index (χ3n) is 4.43. The van der Waals surface area contributed by atoms with Gasteiger partial charge in [-0.2, -0.15) is 0 Å². The van der Waals surface area contributed by atoms with Crippen LogP contribution in [0.3, 0.4) is 0 Å². The first kappa shape index (κ1) is 15.9. The second kappa shape index (κ2) is 7.06. The molecule has 1 saturated heterocycles. The summed E-state index contributed by atoms with van der Waals surface area (Å²) in [6.45, 7) is 5.31. The van der Waals surface area contributed by atoms with Crippen LogP contribution in [-0.2, 0) is 11.3 Å². The number of hydrogen-bond donors (Lipinski definition) is 0. The van der Waals surface area contributed by atoms with Crippen LogP contribution in [0.25, 0.3) is 0 Å². The number of rotatable bonds is 6. The van der Waals surface area contributed by atoms with Gasteiger partial charge < -0.3 is 9.47 Å². The Kier molecular flexibility index (Phi) is 4.88. The summed E-state index contributed by atoms with van der Waals surface area (Å²) in [4.78, 5) is 10.5. The summed E-state index contributed by atoms with van der Waals surface area (Å²) in [6, 6.07) is 8.09. The van der Waals surface area contributed by atoms with Crippen molar-refractivity contribution in [2.75, 3.05) is 26.8 Å². The molecule has 1 atom stereocenters. The molecule has 2 heterocycles. The predicted molar refractivity (Wildman–Crippen MR) is 88.3 cm³/mol. The van der Waals surface area contributed by atoms with Crippen LogP contribution < -0.4 is 4.74 Å². The Morgan fingerprint density at radius 2 is 2.00 bits per heavy atom. The van der Waals surface area contributed by atoms with Gasteiger partial charge in [0.2, 0.25) is 0 Å². The largest absolute Gasteiger partial charge is 0.490 e. The van der Waals surface area contributed by atoms with Crippen LogP contribution in [-0.4, -0.2) is 47.3 Å². The van der Waals surface area contributed by atoms with E-state index < -0.39 is 0 Å². The van der Waals surface area contributed by atoms with Gasteiger partial charge in [0.05, 0.1) is 0 Å². The van der Waals surface area contributed by atoms with E-state index in [2.05, 4.69) is 27.9 Å². The van der Waals surface area contributed by atoms with E-state index in [0.29, 0.717) is 6.61 Å². The fraction of sp³-hybridized carbons (Fsp3) is 0.444. The molecule has 5 heteroatoms. The lowest BCUT2D eigenvalue weighted by Crippen LogP contribution is -2.41. The van der Waals surface area contributed by atoms with Gasteiger partial charge in [-0.25, -0.2) is 9.97 Å². The van der Waals surface area contributed by atoms with Crippen LogP contribution in [0.5, 0.6) is 5.75 Å². The van der Waals surface area contributed by atoms with Crippen LogP contribution in [0.1, 0.15) is 17.5 Å². The summed E-state index contributed by atoms with van der Waals surface area (Å²) in [6.07, 6.45) is 6.25. The van der Waals surface area contributed by atoms with Crippen LogP contribution in [0.15, 0.2) is 43.0 Å². The van der Waals surface area contributed by atoms with Gasteiger partial charge in [-0.1, -0.05) is 18.2 Å². The standard InChI is InChI=1S/C18H23N3O2/c1-15-5-3-4-6-17(15)23-13-18(22-2)7-8-21(12-18)11-16-9-19-14-20-10-16/h3-6,9-10,14H,7-8,11-13H2,1-2H3/t18-/m1/s1. The van der Waals surface area contributed by atoms with Gasteiger partial charge in [-0.05, 0) is 25.0 Å². The number of methoxy groups -OCH3 is 1. The molecular weight excluding hydrogens is 290 g/mol. The molecule has 2 aromatic rings. The molecule has 0 bridgehead atoms.